The first-order valence-corrected chi connectivity index (χ1v) is 7.67. The molecule has 18 heavy (non-hydrogen) atoms. The average molecular weight is 268 g/mol. The summed E-state index contributed by atoms with van der Waals surface area (Å²) in [5.74, 6) is 0. The highest BCUT2D eigenvalue weighted by molar-refractivity contribution is 7.11. The van der Waals surface area contributed by atoms with Crippen LogP contribution in [-0.4, -0.2) is 23.2 Å². The zero-order valence-electron chi connectivity index (χ0n) is 11.8. The summed E-state index contributed by atoms with van der Waals surface area (Å²) in [4.78, 5) is 5.83. The van der Waals surface area contributed by atoms with Crippen molar-refractivity contribution in [1.29, 1.82) is 0 Å². The molecule has 1 N–H and O–H groups in total. The first kappa shape index (κ1) is 14.0. The summed E-state index contributed by atoms with van der Waals surface area (Å²) in [6, 6.07) is 0.322. The van der Waals surface area contributed by atoms with Crippen molar-refractivity contribution in [2.75, 3.05) is 6.54 Å². The number of rotatable bonds is 5. The SMILES string of the molecule is CCc1cnc(C(C)NCC2CCC(C)(C)O2)s1. The first-order valence-electron chi connectivity index (χ1n) is 6.86. The fourth-order valence-corrected chi connectivity index (χ4v) is 3.19. The van der Waals surface area contributed by atoms with Crippen molar-refractivity contribution in [1.82, 2.24) is 10.3 Å². The van der Waals surface area contributed by atoms with E-state index in [4.69, 9.17) is 4.74 Å². The summed E-state index contributed by atoms with van der Waals surface area (Å²) in [5.41, 5.74) is 0.0617. The molecule has 0 aromatic carbocycles. The van der Waals surface area contributed by atoms with Gasteiger partial charge in [0.1, 0.15) is 5.01 Å². The number of hydrogen-bond acceptors (Lipinski definition) is 4. The quantitative estimate of drug-likeness (QED) is 0.889. The van der Waals surface area contributed by atoms with Gasteiger partial charge in [-0.1, -0.05) is 6.92 Å². The molecule has 0 spiro atoms. The molecule has 3 nitrogen and oxygen atoms in total. The van der Waals surface area contributed by atoms with Gasteiger partial charge in [-0.25, -0.2) is 4.98 Å². The lowest BCUT2D eigenvalue weighted by Crippen LogP contribution is -2.31. The minimum absolute atomic E-state index is 0.0617. The summed E-state index contributed by atoms with van der Waals surface area (Å²) >= 11 is 1.81. The van der Waals surface area contributed by atoms with Gasteiger partial charge in [-0.3, -0.25) is 0 Å². The average Bonchev–Trinajstić information content (AvgIpc) is 2.92. The second-order valence-corrected chi connectivity index (χ2v) is 6.83. The maximum absolute atomic E-state index is 5.98. The van der Waals surface area contributed by atoms with Crippen LogP contribution in [0.25, 0.3) is 0 Å². The highest BCUT2D eigenvalue weighted by Crippen LogP contribution is 2.29. The van der Waals surface area contributed by atoms with Crippen LogP contribution >= 0.6 is 11.3 Å². The van der Waals surface area contributed by atoms with Gasteiger partial charge in [0.05, 0.1) is 17.7 Å². The highest BCUT2D eigenvalue weighted by Gasteiger charge is 2.31. The zero-order chi connectivity index (χ0) is 13.2. The standard InChI is InChI=1S/C14H24N2OS/c1-5-12-9-16-13(18-12)10(2)15-8-11-6-7-14(3,4)17-11/h9-11,15H,5-8H2,1-4H3. The van der Waals surface area contributed by atoms with Gasteiger partial charge in [0.2, 0.25) is 0 Å². The van der Waals surface area contributed by atoms with E-state index in [1.807, 2.05) is 17.5 Å². The predicted octanol–water partition coefficient (Wildman–Crippen LogP) is 3.31. The van der Waals surface area contributed by atoms with Crippen LogP contribution in [0.1, 0.15) is 56.5 Å². The topological polar surface area (TPSA) is 34.2 Å². The van der Waals surface area contributed by atoms with Crippen LogP contribution in [-0.2, 0) is 11.2 Å². The van der Waals surface area contributed by atoms with Gasteiger partial charge in [0.25, 0.3) is 0 Å². The third-order valence-electron chi connectivity index (χ3n) is 3.50. The van der Waals surface area contributed by atoms with Gasteiger partial charge < -0.3 is 10.1 Å². The number of aryl methyl sites for hydroxylation is 1. The molecule has 0 amide bonds. The van der Waals surface area contributed by atoms with Crippen LogP contribution < -0.4 is 5.32 Å². The van der Waals surface area contributed by atoms with Crippen molar-refractivity contribution in [2.45, 2.75) is 64.7 Å². The maximum atomic E-state index is 5.98. The summed E-state index contributed by atoms with van der Waals surface area (Å²) in [6.07, 6.45) is 5.74. The Labute approximate surface area is 114 Å². The predicted molar refractivity (Wildman–Crippen MR) is 76.1 cm³/mol. The molecule has 2 unspecified atom stereocenters. The van der Waals surface area contributed by atoms with Crippen molar-refractivity contribution in [3.05, 3.63) is 16.1 Å². The lowest BCUT2D eigenvalue weighted by atomic mass is 10.1. The van der Waals surface area contributed by atoms with Gasteiger partial charge >= 0.3 is 0 Å². The summed E-state index contributed by atoms with van der Waals surface area (Å²) < 4.78 is 5.98. The molecule has 0 saturated carbocycles. The Hall–Kier alpha value is -0.450. The van der Waals surface area contributed by atoms with E-state index in [-0.39, 0.29) is 5.60 Å². The Bertz CT molecular complexity index is 389. The molecule has 0 radical (unpaired) electrons. The lowest BCUT2D eigenvalue weighted by molar-refractivity contribution is -0.0150. The van der Waals surface area contributed by atoms with Gasteiger partial charge in [0.15, 0.2) is 0 Å². The van der Waals surface area contributed by atoms with Crippen LogP contribution in [0.3, 0.4) is 0 Å². The molecule has 1 aromatic heterocycles. The molecule has 4 heteroatoms. The fraction of sp³-hybridized carbons (Fsp3) is 0.786. The summed E-state index contributed by atoms with van der Waals surface area (Å²) in [5, 5.41) is 4.72. The monoisotopic (exact) mass is 268 g/mol. The minimum Gasteiger partial charge on any atom is -0.371 e. The van der Waals surface area contributed by atoms with Gasteiger partial charge in [-0.2, -0.15) is 0 Å². The van der Waals surface area contributed by atoms with Gasteiger partial charge in [0, 0.05) is 17.6 Å². The molecule has 2 rings (SSSR count). The number of nitrogens with one attached hydrogen (secondary N) is 1. The van der Waals surface area contributed by atoms with E-state index in [9.17, 15) is 0 Å². The molecule has 0 bridgehead atoms. The van der Waals surface area contributed by atoms with E-state index in [1.165, 1.54) is 9.88 Å². The molecule has 102 valence electrons. The summed E-state index contributed by atoms with van der Waals surface area (Å²) in [6.45, 7) is 9.61. The Kier molecular flexibility index (Phi) is 4.41. The van der Waals surface area contributed by atoms with Crippen LogP contribution in [0, 0.1) is 0 Å². The molecule has 2 atom stereocenters. The Morgan fingerprint density at radius 2 is 2.39 bits per heavy atom. The summed E-state index contributed by atoms with van der Waals surface area (Å²) in [7, 11) is 0. The molecule has 2 heterocycles. The second-order valence-electron chi connectivity index (χ2n) is 5.69. The molecule has 1 saturated heterocycles. The van der Waals surface area contributed by atoms with Crippen LogP contribution in [0.4, 0.5) is 0 Å². The van der Waals surface area contributed by atoms with E-state index in [1.54, 1.807) is 0 Å². The van der Waals surface area contributed by atoms with Crippen LogP contribution in [0.5, 0.6) is 0 Å². The largest absolute Gasteiger partial charge is 0.371 e. The maximum Gasteiger partial charge on any atom is 0.109 e. The van der Waals surface area contributed by atoms with Crippen molar-refractivity contribution in [2.24, 2.45) is 0 Å². The smallest absolute Gasteiger partial charge is 0.109 e. The van der Waals surface area contributed by atoms with Crippen LogP contribution in [0.15, 0.2) is 6.20 Å². The lowest BCUT2D eigenvalue weighted by Gasteiger charge is -2.20. The minimum atomic E-state index is 0.0617. The normalized spacial score (nSPS) is 24.3. The molecular weight excluding hydrogens is 244 g/mol. The molecule has 1 aliphatic heterocycles. The van der Waals surface area contributed by atoms with E-state index >= 15 is 0 Å². The molecule has 1 aromatic rings. The fourth-order valence-electron chi connectivity index (χ4n) is 2.30. The van der Waals surface area contributed by atoms with Crippen molar-refractivity contribution < 1.29 is 4.74 Å². The Balaban J connectivity index is 1.80. The third-order valence-corrected chi connectivity index (χ3v) is 4.82. The van der Waals surface area contributed by atoms with E-state index in [0.29, 0.717) is 12.1 Å². The van der Waals surface area contributed by atoms with Crippen molar-refractivity contribution >= 4 is 11.3 Å². The molecular formula is C14H24N2OS. The number of thiazole rings is 1. The van der Waals surface area contributed by atoms with Gasteiger partial charge in [-0.05, 0) is 40.0 Å². The van der Waals surface area contributed by atoms with E-state index < -0.39 is 0 Å². The van der Waals surface area contributed by atoms with Gasteiger partial charge in [-0.15, -0.1) is 11.3 Å². The molecule has 0 aliphatic carbocycles. The Morgan fingerprint density at radius 3 is 2.94 bits per heavy atom. The zero-order valence-corrected chi connectivity index (χ0v) is 12.6. The van der Waals surface area contributed by atoms with Crippen LogP contribution in [0.2, 0.25) is 0 Å². The number of nitrogens with zero attached hydrogens (tertiary/aromatic N) is 1. The van der Waals surface area contributed by atoms with E-state index in [0.717, 1.165) is 25.8 Å². The first-order chi connectivity index (χ1) is 8.50. The Morgan fingerprint density at radius 1 is 1.61 bits per heavy atom. The highest BCUT2D eigenvalue weighted by atomic mass is 32.1. The van der Waals surface area contributed by atoms with E-state index in [2.05, 4.69) is 38.0 Å². The molecule has 1 aliphatic rings. The number of hydrogen-bond donors (Lipinski definition) is 1. The number of aromatic nitrogens is 1. The van der Waals surface area contributed by atoms with Crippen molar-refractivity contribution in [3.8, 4) is 0 Å². The number of ether oxygens (including phenoxy) is 1. The molecule has 1 fully saturated rings. The second kappa shape index (κ2) is 5.68. The third kappa shape index (κ3) is 3.53. The van der Waals surface area contributed by atoms with Crippen molar-refractivity contribution in [3.63, 3.8) is 0 Å².